The third-order valence-electron chi connectivity index (χ3n) is 3.85. The molecule has 0 N–H and O–H groups in total. The van der Waals surface area contributed by atoms with Gasteiger partial charge in [0.25, 0.3) is 0 Å². The highest BCUT2D eigenvalue weighted by Gasteiger charge is 2.21. The van der Waals surface area contributed by atoms with E-state index in [1.54, 1.807) is 0 Å². The van der Waals surface area contributed by atoms with Crippen LogP contribution in [0.15, 0.2) is 0 Å². The molecule has 0 fully saturated rings. The normalized spacial score (nSPS) is 12.1. The maximum Gasteiger partial charge on any atom is 0.248 e. The quantitative estimate of drug-likeness (QED) is 0.443. The van der Waals surface area contributed by atoms with Gasteiger partial charge >= 0.3 is 0 Å². The van der Waals surface area contributed by atoms with Gasteiger partial charge in [0.15, 0.2) is 0 Å². The van der Waals surface area contributed by atoms with Gasteiger partial charge in [-0.25, -0.2) is 0 Å². The van der Waals surface area contributed by atoms with Crippen LogP contribution in [0.1, 0.15) is 68.2 Å². The molecule has 2 amide bonds. The lowest BCUT2D eigenvalue weighted by molar-refractivity contribution is -0.141. The van der Waals surface area contributed by atoms with Crippen LogP contribution in [0.5, 0.6) is 0 Å². The first-order valence-corrected chi connectivity index (χ1v) is 10.6. The van der Waals surface area contributed by atoms with Crippen LogP contribution in [-0.2, 0) is 19.1 Å². The summed E-state index contributed by atoms with van der Waals surface area (Å²) in [5, 5.41) is 0. The Morgan fingerprint density at radius 3 is 1.25 bits per heavy atom. The maximum atomic E-state index is 12.3. The first-order valence-electron chi connectivity index (χ1n) is 10.6. The molecule has 0 saturated heterocycles. The lowest BCUT2D eigenvalue weighted by Crippen LogP contribution is -2.41. The minimum atomic E-state index is 0.00662. The second-order valence-electron chi connectivity index (χ2n) is 9.86. The van der Waals surface area contributed by atoms with Crippen LogP contribution in [0, 0.1) is 10.8 Å². The van der Waals surface area contributed by atoms with Crippen LogP contribution in [-0.4, -0.2) is 74.2 Å². The number of carbonyl (C=O) groups is 2. The second kappa shape index (κ2) is 13.2. The summed E-state index contributed by atoms with van der Waals surface area (Å²) in [6.07, 6.45) is 1.85. The van der Waals surface area contributed by atoms with E-state index in [9.17, 15) is 9.59 Å². The van der Waals surface area contributed by atoms with Gasteiger partial charge < -0.3 is 19.3 Å². The van der Waals surface area contributed by atoms with Crippen LogP contribution in [0.3, 0.4) is 0 Å². The zero-order valence-corrected chi connectivity index (χ0v) is 19.6. The molecule has 0 unspecified atom stereocenters. The minimum absolute atomic E-state index is 0.00662. The Kier molecular flexibility index (Phi) is 12.6. The third kappa shape index (κ3) is 13.9. The average molecular weight is 401 g/mol. The van der Waals surface area contributed by atoms with Crippen molar-refractivity contribution in [2.75, 3.05) is 52.6 Å². The van der Waals surface area contributed by atoms with Crippen LogP contribution in [0.4, 0.5) is 0 Å². The highest BCUT2D eigenvalue weighted by Crippen LogP contribution is 2.16. The van der Waals surface area contributed by atoms with E-state index in [-0.39, 0.29) is 35.9 Å². The number of ether oxygens (including phenoxy) is 2. The SMILES string of the molecule is CCCN(CC(C)(C)C)C(=O)COCCOCC(=O)N(CCC)CC(C)(C)C. The Balaban J connectivity index is 4.17. The summed E-state index contributed by atoms with van der Waals surface area (Å²) in [5.41, 5.74) is 0.122. The molecule has 0 rings (SSSR count). The molecule has 6 heteroatoms. The van der Waals surface area contributed by atoms with E-state index >= 15 is 0 Å². The lowest BCUT2D eigenvalue weighted by Gasteiger charge is -2.30. The number of nitrogens with zero attached hydrogens (tertiary/aromatic N) is 2. The first kappa shape index (κ1) is 26.9. The Morgan fingerprint density at radius 2 is 1.00 bits per heavy atom. The number of hydrogen-bond donors (Lipinski definition) is 0. The first-order chi connectivity index (χ1) is 12.9. The van der Waals surface area contributed by atoms with Crippen LogP contribution >= 0.6 is 0 Å². The molecule has 28 heavy (non-hydrogen) atoms. The Bertz CT molecular complexity index is 410. The summed E-state index contributed by atoms with van der Waals surface area (Å²) in [5.74, 6) is 0.0132. The molecule has 0 aliphatic heterocycles. The molecule has 0 saturated carbocycles. The van der Waals surface area contributed by atoms with E-state index in [4.69, 9.17) is 9.47 Å². The van der Waals surface area contributed by atoms with Crippen molar-refractivity contribution in [3.63, 3.8) is 0 Å². The predicted molar refractivity (Wildman–Crippen MR) is 114 cm³/mol. The molecule has 0 bridgehead atoms. The Labute approximate surface area is 172 Å². The molecule has 0 aliphatic carbocycles. The number of rotatable bonds is 13. The van der Waals surface area contributed by atoms with Gasteiger partial charge in [-0.1, -0.05) is 55.4 Å². The van der Waals surface area contributed by atoms with Gasteiger partial charge in [-0.3, -0.25) is 9.59 Å². The molecule has 0 spiro atoms. The van der Waals surface area contributed by atoms with E-state index in [2.05, 4.69) is 55.4 Å². The van der Waals surface area contributed by atoms with Crippen molar-refractivity contribution in [1.82, 2.24) is 9.80 Å². The van der Waals surface area contributed by atoms with Gasteiger partial charge in [-0.15, -0.1) is 0 Å². The molecule has 0 heterocycles. The summed E-state index contributed by atoms with van der Waals surface area (Å²) in [4.78, 5) is 28.4. The maximum absolute atomic E-state index is 12.3. The van der Waals surface area contributed by atoms with E-state index in [1.807, 2.05) is 9.80 Å². The number of hydrogen-bond acceptors (Lipinski definition) is 4. The summed E-state index contributed by atoms with van der Waals surface area (Å²) in [7, 11) is 0. The monoisotopic (exact) mass is 400 g/mol. The fourth-order valence-corrected chi connectivity index (χ4v) is 2.89. The van der Waals surface area contributed by atoms with Gasteiger partial charge in [-0.05, 0) is 23.7 Å². The lowest BCUT2D eigenvalue weighted by atomic mass is 9.96. The molecule has 0 aromatic rings. The highest BCUT2D eigenvalue weighted by molar-refractivity contribution is 5.77. The second-order valence-corrected chi connectivity index (χ2v) is 9.86. The molecular formula is C22H44N2O4. The van der Waals surface area contributed by atoms with Crippen molar-refractivity contribution in [1.29, 1.82) is 0 Å². The van der Waals surface area contributed by atoms with Crippen molar-refractivity contribution in [3.05, 3.63) is 0 Å². The van der Waals surface area contributed by atoms with E-state index < -0.39 is 0 Å². The molecular weight excluding hydrogens is 356 g/mol. The fourth-order valence-electron chi connectivity index (χ4n) is 2.89. The molecule has 0 atom stereocenters. The van der Waals surface area contributed by atoms with Crippen molar-refractivity contribution >= 4 is 11.8 Å². The Morgan fingerprint density at radius 1 is 0.679 bits per heavy atom. The summed E-state index contributed by atoms with van der Waals surface area (Å²) >= 11 is 0. The zero-order valence-electron chi connectivity index (χ0n) is 19.6. The largest absolute Gasteiger partial charge is 0.369 e. The average Bonchev–Trinajstić information content (AvgIpc) is 2.54. The van der Waals surface area contributed by atoms with Crippen molar-refractivity contribution in [3.8, 4) is 0 Å². The molecule has 0 radical (unpaired) electrons. The van der Waals surface area contributed by atoms with E-state index in [1.165, 1.54) is 0 Å². The standard InChI is InChI=1S/C22H44N2O4/c1-9-11-23(17-21(3,4)5)19(25)15-27-13-14-28-16-20(26)24(12-10-2)18-22(6,7)8/h9-18H2,1-8H3. The number of amides is 2. The van der Waals surface area contributed by atoms with Crippen LogP contribution < -0.4 is 0 Å². The van der Waals surface area contributed by atoms with Gasteiger partial charge in [0.1, 0.15) is 13.2 Å². The van der Waals surface area contributed by atoms with Crippen molar-refractivity contribution < 1.29 is 19.1 Å². The zero-order chi connectivity index (χ0) is 21.8. The van der Waals surface area contributed by atoms with E-state index in [0.29, 0.717) is 13.2 Å². The number of carbonyl (C=O) groups excluding carboxylic acids is 2. The van der Waals surface area contributed by atoms with Crippen LogP contribution in [0.2, 0.25) is 0 Å². The molecule has 0 aromatic carbocycles. The van der Waals surface area contributed by atoms with Gasteiger partial charge in [0, 0.05) is 26.2 Å². The van der Waals surface area contributed by atoms with Gasteiger partial charge in [0.05, 0.1) is 13.2 Å². The van der Waals surface area contributed by atoms with Gasteiger partial charge in [-0.2, -0.15) is 0 Å². The third-order valence-corrected chi connectivity index (χ3v) is 3.85. The summed E-state index contributed by atoms with van der Waals surface area (Å²) in [6, 6.07) is 0. The van der Waals surface area contributed by atoms with Gasteiger partial charge in [0.2, 0.25) is 11.8 Å². The Hall–Kier alpha value is -1.14. The minimum Gasteiger partial charge on any atom is -0.369 e. The fraction of sp³-hybridized carbons (Fsp3) is 0.909. The highest BCUT2D eigenvalue weighted by atomic mass is 16.5. The van der Waals surface area contributed by atoms with Crippen LogP contribution in [0.25, 0.3) is 0 Å². The van der Waals surface area contributed by atoms with Crippen molar-refractivity contribution in [2.45, 2.75) is 68.2 Å². The molecule has 6 nitrogen and oxygen atoms in total. The molecule has 166 valence electrons. The topological polar surface area (TPSA) is 59.1 Å². The predicted octanol–water partition coefficient (Wildman–Crippen LogP) is 3.59. The van der Waals surface area contributed by atoms with E-state index in [0.717, 1.165) is 39.0 Å². The summed E-state index contributed by atoms with van der Waals surface area (Å²) < 4.78 is 10.9. The van der Waals surface area contributed by atoms with Crippen molar-refractivity contribution in [2.24, 2.45) is 10.8 Å². The molecule has 0 aliphatic rings. The summed E-state index contributed by atoms with van der Waals surface area (Å²) in [6.45, 7) is 20.5. The molecule has 0 aromatic heterocycles. The smallest absolute Gasteiger partial charge is 0.248 e.